The van der Waals surface area contributed by atoms with Crippen LogP contribution in [0.5, 0.6) is 5.75 Å². The number of hydrogen-bond donors (Lipinski definition) is 6. The minimum atomic E-state index is -2.68. The van der Waals surface area contributed by atoms with E-state index in [2.05, 4.69) is 10.3 Å². The van der Waals surface area contributed by atoms with Crippen molar-refractivity contribution < 1.29 is 34.8 Å². The van der Waals surface area contributed by atoms with Crippen LogP contribution in [0.1, 0.15) is 30.5 Å². The second-order valence-corrected chi connectivity index (χ2v) is 11.2. The maximum Gasteiger partial charge on any atom is 0.255 e. The van der Waals surface area contributed by atoms with E-state index >= 15 is 0 Å². The summed E-state index contributed by atoms with van der Waals surface area (Å²) in [7, 11) is 6.77. The first kappa shape index (κ1) is 30.5. The molecule has 42 heavy (non-hydrogen) atoms. The van der Waals surface area contributed by atoms with Gasteiger partial charge in [0.25, 0.3) is 5.91 Å². The number of aliphatic hydroxyl groups excluding tert-OH is 2. The van der Waals surface area contributed by atoms with Gasteiger partial charge in [-0.2, -0.15) is 0 Å². The first-order valence-corrected chi connectivity index (χ1v) is 13.1. The Morgan fingerprint density at radius 2 is 1.86 bits per heavy atom. The summed E-state index contributed by atoms with van der Waals surface area (Å²) >= 11 is 0. The summed E-state index contributed by atoms with van der Waals surface area (Å²) in [6.07, 6.45) is 1.86. The number of aromatic nitrogens is 1. The highest BCUT2D eigenvalue weighted by molar-refractivity contribution is 6.24. The summed E-state index contributed by atoms with van der Waals surface area (Å²) in [6.45, 7) is 0.154. The summed E-state index contributed by atoms with van der Waals surface area (Å²) in [4.78, 5) is 47.0. The van der Waals surface area contributed by atoms with Crippen LogP contribution in [-0.4, -0.2) is 87.6 Å². The molecule has 0 saturated heterocycles. The highest BCUT2D eigenvalue weighted by Gasteiger charge is 2.64. The first-order chi connectivity index (χ1) is 19.3. The van der Waals surface area contributed by atoms with E-state index in [1.165, 1.54) is 4.90 Å². The van der Waals surface area contributed by atoms with Gasteiger partial charge in [0.05, 0.1) is 11.6 Å². The minimum Gasteiger partial charge on any atom is -0.508 e. The number of rotatable bonds is 6. The lowest BCUT2D eigenvalue weighted by atomic mass is 9.57. The number of pyridine rings is 1. The Hall–Kier alpha value is -4.42. The van der Waals surface area contributed by atoms with E-state index in [-0.39, 0.29) is 43.7 Å². The summed E-state index contributed by atoms with van der Waals surface area (Å²) in [5.41, 5.74) is 3.45. The SMILES string of the molecule is C.CN(C)c1cc(CNc2ccccn2)c(O)c2c1C[C@H]1C[C@H]3[C@@H](N(C)C)C(=O)C(C(N)=O)=C(O)[C@@]3(O)C(=O)C1=C2O. The molecule has 1 amide bonds. The fourth-order valence-corrected chi connectivity index (χ4v) is 6.53. The van der Waals surface area contributed by atoms with Crippen molar-refractivity contribution in [3.05, 3.63) is 64.1 Å². The normalized spacial score (nSPS) is 25.0. The van der Waals surface area contributed by atoms with E-state index in [9.17, 15) is 34.8 Å². The number of aromatic hydroxyl groups is 1. The number of amides is 1. The third-order valence-corrected chi connectivity index (χ3v) is 8.38. The Kier molecular flexibility index (Phi) is 7.83. The summed E-state index contributed by atoms with van der Waals surface area (Å²) in [5, 5.41) is 48.9. The van der Waals surface area contributed by atoms with Gasteiger partial charge >= 0.3 is 0 Å². The molecule has 3 aliphatic rings. The predicted molar refractivity (Wildman–Crippen MR) is 157 cm³/mol. The monoisotopic (exact) mass is 579 g/mol. The van der Waals surface area contributed by atoms with Crippen molar-refractivity contribution in [3.63, 3.8) is 0 Å². The molecule has 1 heterocycles. The molecule has 12 heteroatoms. The average molecular weight is 580 g/mol. The summed E-state index contributed by atoms with van der Waals surface area (Å²) < 4.78 is 0. The maximum atomic E-state index is 14.1. The molecule has 12 nitrogen and oxygen atoms in total. The van der Waals surface area contributed by atoms with Crippen molar-refractivity contribution >= 4 is 34.7 Å². The number of Topliss-reactive ketones (excluding diaryl/α,β-unsaturated/α-hetero) is 2. The first-order valence-electron chi connectivity index (χ1n) is 13.1. The number of benzene rings is 1. The third-order valence-electron chi connectivity index (χ3n) is 8.38. The van der Waals surface area contributed by atoms with Crippen molar-refractivity contribution in [2.75, 3.05) is 38.4 Å². The highest BCUT2D eigenvalue weighted by Crippen LogP contribution is 2.54. The minimum absolute atomic E-state index is 0. The van der Waals surface area contributed by atoms with Crippen LogP contribution in [0.3, 0.4) is 0 Å². The molecular weight excluding hydrogens is 542 g/mol. The summed E-state index contributed by atoms with van der Waals surface area (Å²) in [5.74, 6) is -6.18. The van der Waals surface area contributed by atoms with E-state index in [0.717, 1.165) is 0 Å². The standard InChI is InChI=1S/C29H33N5O7.CH4/c1-33(2)17-11-14(12-32-18-7-5-6-8-31-18)23(35)20-15(17)9-13-10-16-22(34(3)4)25(37)21(28(30)40)27(39)29(16,41)26(38)19(13)24(20)36;/h5-8,11,13,16,22,35-36,39,41H,9-10,12H2,1-4H3,(H2,30,40)(H,31,32);1H4/t13-,16-,22+,29-;/m0./s1. The zero-order chi connectivity index (χ0) is 30.0. The van der Waals surface area contributed by atoms with Gasteiger partial charge < -0.3 is 36.4 Å². The fourth-order valence-electron chi connectivity index (χ4n) is 6.53. The number of phenolic OH excluding ortho intramolecular Hbond substituents is 1. The number of carbonyl (C=O) groups is 3. The van der Waals surface area contributed by atoms with Crippen LogP contribution in [0.4, 0.5) is 11.5 Å². The Labute approximate surface area is 243 Å². The summed E-state index contributed by atoms with van der Waals surface area (Å²) in [6, 6.07) is 6.01. The van der Waals surface area contributed by atoms with Crippen LogP contribution in [0.2, 0.25) is 0 Å². The van der Waals surface area contributed by atoms with Gasteiger partial charge in [-0.05, 0) is 56.6 Å². The number of primary amides is 1. The number of aliphatic hydroxyl groups is 3. The second-order valence-electron chi connectivity index (χ2n) is 11.2. The molecule has 5 rings (SSSR count). The Morgan fingerprint density at radius 1 is 1.17 bits per heavy atom. The van der Waals surface area contributed by atoms with Crippen LogP contribution < -0.4 is 16.0 Å². The van der Waals surface area contributed by atoms with E-state index in [4.69, 9.17) is 5.73 Å². The Balaban J connectivity index is 0.00000405. The molecule has 1 aromatic heterocycles. The molecule has 3 aliphatic carbocycles. The van der Waals surface area contributed by atoms with Gasteiger partial charge in [0.1, 0.15) is 28.7 Å². The third kappa shape index (κ3) is 4.38. The average Bonchev–Trinajstić information content (AvgIpc) is 2.90. The molecule has 0 radical (unpaired) electrons. The molecular formula is C30H37N5O7. The predicted octanol–water partition coefficient (Wildman–Crippen LogP) is 1.67. The fraction of sp³-hybridized carbons (Fsp3) is 0.400. The molecule has 1 fully saturated rings. The molecule has 7 N–H and O–H groups in total. The molecule has 0 unspecified atom stereocenters. The number of nitrogens with two attached hydrogens (primary N) is 1. The Bertz CT molecular complexity index is 1530. The van der Waals surface area contributed by atoms with Gasteiger partial charge in [0.2, 0.25) is 5.78 Å². The van der Waals surface area contributed by atoms with Crippen LogP contribution in [-0.2, 0) is 27.3 Å². The number of carbonyl (C=O) groups excluding carboxylic acids is 3. The van der Waals surface area contributed by atoms with Gasteiger partial charge in [-0.1, -0.05) is 13.5 Å². The number of likely N-dealkylation sites (N-methyl/N-ethyl adjacent to an activating group) is 1. The quantitative estimate of drug-likeness (QED) is 0.273. The molecule has 4 atom stereocenters. The van der Waals surface area contributed by atoms with E-state index in [0.29, 0.717) is 22.6 Å². The van der Waals surface area contributed by atoms with Crippen LogP contribution >= 0.6 is 0 Å². The smallest absolute Gasteiger partial charge is 0.255 e. The van der Waals surface area contributed by atoms with Crippen molar-refractivity contribution in [3.8, 4) is 5.75 Å². The zero-order valence-corrected chi connectivity index (χ0v) is 23.2. The van der Waals surface area contributed by atoms with Crippen molar-refractivity contribution in [2.24, 2.45) is 17.6 Å². The molecule has 0 spiro atoms. The number of fused-ring (bicyclic) bond motifs is 3. The Morgan fingerprint density at radius 3 is 2.43 bits per heavy atom. The molecule has 0 bridgehead atoms. The van der Waals surface area contributed by atoms with Gasteiger partial charge in [0, 0.05) is 49.6 Å². The molecule has 224 valence electrons. The van der Waals surface area contributed by atoms with Gasteiger partial charge in [-0.15, -0.1) is 0 Å². The number of nitrogens with one attached hydrogen (secondary N) is 1. The van der Waals surface area contributed by atoms with E-state index < -0.39 is 58.0 Å². The van der Waals surface area contributed by atoms with Crippen molar-refractivity contribution in [1.82, 2.24) is 9.88 Å². The van der Waals surface area contributed by atoms with E-state index in [1.807, 2.05) is 25.1 Å². The lowest BCUT2D eigenvalue weighted by molar-refractivity contribution is -0.153. The lowest BCUT2D eigenvalue weighted by Crippen LogP contribution is -2.65. The number of nitrogens with zero attached hydrogens (tertiary/aromatic N) is 3. The zero-order valence-electron chi connectivity index (χ0n) is 23.2. The van der Waals surface area contributed by atoms with Crippen molar-refractivity contribution in [2.45, 2.75) is 38.5 Å². The number of phenols is 1. The maximum absolute atomic E-state index is 14.1. The van der Waals surface area contributed by atoms with Gasteiger partial charge in [-0.3, -0.25) is 19.3 Å². The van der Waals surface area contributed by atoms with Crippen LogP contribution in [0.15, 0.2) is 47.4 Å². The largest absolute Gasteiger partial charge is 0.508 e. The topological polar surface area (TPSA) is 190 Å². The van der Waals surface area contributed by atoms with Crippen LogP contribution in [0, 0.1) is 11.8 Å². The highest BCUT2D eigenvalue weighted by atomic mass is 16.3. The molecule has 0 aliphatic heterocycles. The molecule has 1 saturated carbocycles. The van der Waals surface area contributed by atoms with Gasteiger partial charge in [0.15, 0.2) is 11.4 Å². The second kappa shape index (κ2) is 10.8. The number of ketones is 2. The lowest BCUT2D eigenvalue weighted by Gasteiger charge is -2.50. The number of hydrogen-bond acceptors (Lipinski definition) is 11. The van der Waals surface area contributed by atoms with Crippen LogP contribution in [0.25, 0.3) is 5.76 Å². The van der Waals surface area contributed by atoms with Crippen molar-refractivity contribution in [1.29, 1.82) is 0 Å². The molecule has 1 aromatic carbocycles. The van der Waals surface area contributed by atoms with Gasteiger partial charge in [-0.25, -0.2) is 4.98 Å². The number of anilines is 2. The van der Waals surface area contributed by atoms with E-state index in [1.54, 1.807) is 38.5 Å². The molecule has 2 aromatic rings.